The van der Waals surface area contributed by atoms with Gasteiger partial charge >= 0.3 is 5.97 Å². The predicted molar refractivity (Wildman–Crippen MR) is 108 cm³/mol. The standard InChI is InChI=1S/C24H29FO5/c1-13-9-18-16-11-20(25)19-10-15(28)5-7-22(19,3)17(16)6-8-23(18,4)24(13,21(29)12-26)30-14(2)27/h5-7,10,13,16,18,20,26H,8-9,11-12H2,1-4H3/t13-,16+,18-,20-,22+,23-,24-/m0/s1. The van der Waals surface area contributed by atoms with Crippen molar-refractivity contribution in [2.24, 2.45) is 28.6 Å². The summed E-state index contributed by atoms with van der Waals surface area (Å²) in [4.78, 5) is 36.9. The molecule has 0 bridgehead atoms. The van der Waals surface area contributed by atoms with Crippen LogP contribution in [0.5, 0.6) is 0 Å². The Morgan fingerprint density at radius 1 is 1.27 bits per heavy atom. The van der Waals surface area contributed by atoms with Gasteiger partial charge in [0.05, 0.1) is 0 Å². The molecule has 1 N–H and O–H groups in total. The van der Waals surface area contributed by atoms with E-state index in [1.54, 1.807) is 6.08 Å². The third-order valence-electron chi connectivity index (χ3n) is 8.34. The van der Waals surface area contributed by atoms with E-state index >= 15 is 4.39 Å². The van der Waals surface area contributed by atoms with Crippen LogP contribution in [0.3, 0.4) is 0 Å². The lowest BCUT2D eigenvalue weighted by Crippen LogP contribution is -2.60. The first-order chi connectivity index (χ1) is 14.0. The van der Waals surface area contributed by atoms with Crippen LogP contribution in [0.2, 0.25) is 0 Å². The Morgan fingerprint density at radius 3 is 2.60 bits per heavy atom. The van der Waals surface area contributed by atoms with Gasteiger partial charge in [0.15, 0.2) is 11.4 Å². The van der Waals surface area contributed by atoms with Crippen LogP contribution in [0.15, 0.2) is 35.5 Å². The number of aliphatic hydroxyl groups is 1. The number of carbonyl (C=O) groups is 3. The monoisotopic (exact) mass is 416 g/mol. The maximum Gasteiger partial charge on any atom is 0.303 e. The predicted octanol–water partition coefficient (Wildman–Crippen LogP) is 3.27. The third-order valence-corrected chi connectivity index (χ3v) is 8.34. The maximum atomic E-state index is 15.3. The molecular formula is C24H29FO5. The van der Waals surface area contributed by atoms with Crippen LogP contribution in [0.1, 0.15) is 47.0 Å². The van der Waals surface area contributed by atoms with Gasteiger partial charge in [-0.2, -0.15) is 0 Å². The van der Waals surface area contributed by atoms with E-state index in [2.05, 4.69) is 6.08 Å². The molecule has 2 fully saturated rings. The molecule has 0 unspecified atom stereocenters. The number of halogens is 1. The quantitative estimate of drug-likeness (QED) is 0.564. The summed E-state index contributed by atoms with van der Waals surface area (Å²) < 4.78 is 21.1. The van der Waals surface area contributed by atoms with E-state index in [1.807, 2.05) is 20.8 Å². The Kier molecular flexibility index (Phi) is 4.73. The SMILES string of the molecule is CC(=O)O[C@]1(C(=O)CO)[C@@H](C)C[C@H]2[C@@H]3C[C@H](F)C4=CC(=O)C=C[C@]4(C)C3=CC[C@@]21C. The Hall–Kier alpha value is -2.08. The van der Waals surface area contributed by atoms with Crippen molar-refractivity contribution in [3.63, 3.8) is 0 Å². The second-order valence-electron chi connectivity index (χ2n) is 9.78. The van der Waals surface area contributed by atoms with Crippen molar-refractivity contribution < 1.29 is 28.6 Å². The highest BCUT2D eigenvalue weighted by molar-refractivity contribution is 6.01. The fraction of sp³-hybridized carbons (Fsp3) is 0.625. The summed E-state index contributed by atoms with van der Waals surface area (Å²) in [5, 5.41) is 9.73. The van der Waals surface area contributed by atoms with Crippen molar-refractivity contribution in [1.82, 2.24) is 0 Å². The van der Waals surface area contributed by atoms with Gasteiger partial charge < -0.3 is 9.84 Å². The highest BCUT2D eigenvalue weighted by Gasteiger charge is 2.70. The van der Waals surface area contributed by atoms with Crippen molar-refractivity contribution in [1.29, 1.82) is 0 Å². The molecule has 7 atom stereocenters. The number of fused-ring (bicyclic) bond motifs is 5. The average Bonchev–Trinajstić information content (AvgIpc) is 2.90. The first-order valence-corrected chi connectivity index (χ1v) is 10.6. The van der Waals surface area contributed by atoms with Crippen LogP contribution < -0.4 is 0 Å². The molecule has 6 heteroatoms. The molecule has 0 aromatic carbocycles. The number of aliphatic hydroxyl groups excluding tert-OH is 1. The summed E-state index contributed by atoms with van der Waals surface area (Å²) in [5.74, 6) is -1.75. The zero-order chi connectivity index (χ0) is 22.1. The largest absolute Gasteiger partial charge is 0.450 e. The Balaban J connectivity index is 1.85. The molecule has 5 nitrogen and oxygen atoms in total. The van der Waals surface area contributed by atoms with Crippen LogP contribution in [0, 0.1) is 28.6 Å². The van der Waals surface area contributed by atoms with Crippen molar-refractivity contribution in [3.8, 4) is 0 Å². The Bertz CT molecular complexity index is 917. The lowest BCUT2D eigenvalue weighted by atomic mass is 9.51. The number of ether oxygens (including phenoxy) is 1. The van der Waals surface area contributed by atoms with Crippen molar-refractivity contribution in [3.05, 3.63) is 35.5 Å². The van der Waals surface area contributed by atoms with E-state index in [9.17, 15) is 19.5 Å². The van der Waals surface area contributed by atoms with Crippen LogP contribution in [-0.2, 0) is 19.1 Å². The van der Waals surface area contributed by atoms with Crippen molar-refractivity contribution >= 4 is 17.5 Å². The number of carbonyl (C=O) groups excluding carboxylic acids is 3. The topological polar surface area (TPSA) is 80.7 Å². The summed E-state index contributed by atoms with van der Waals surface area (Å²) in [6.07, 6.45) is 6.85. The first kappa shape index (κ1) is 21.2. The Labute approximate surface area is 176 Å². The van der Waals surface area contributed by atoms with E-state index in [4.69, 9.17) is 4.74 Å². The van der Waals surface area contributed by atoms with Gasteiger partial charge in [0.1, 0.15) is 12.8 Å². The molecule has 4 rings (SSSR count). The van der Waals surface area contributed by atoms with E-state index in [0.29, 0.717) is 18.4 Å². The van der Waals surface area contributed by atoms with E-state index in [0.717, 1.165) is 5.57 Å². The lowest BCUT2D eigenvalue weighted by molar-refractivity contribution is -0.188. The van der Waals surface area contributed by atoms with Crippen LogP contribution in [0.25, 0.3) is 0 Å². The van der Waals surface area contributed by atoms with E-state index in [-0.39, 0.29) is 30.0 Å². The number of allylic oxidation sites excluding steroid dienone is 6. The zero-order valence-electron chi connectivity index (χ0n) is 17.9. The van der Waals surface area contributed by atoms with Gasteiger partial charge in [0, 0.05) is 23.7 Å². The van der Waals surface area contributed by atoms with Crippen LogP contribution in [-0.4, -0.2) is 41.0 Å². The minimum Gasteiger partial charge on any atom is -0.450 e. The van der Waals surface area contributed by atoms with Gasteiger partial charge in [-0.25, -0.2) is 4.39 Å². The number of rotatable bonds is 3. The summed E-state index contributed by atoms with van der Waals surface area (Å²) in [7, 11) is 0. The Morgan fingerprint density at radius 2 is 1.97 bits per heavy atom. The summed E-state index contributed by atoms with van der Waals surface area (Å²) in [6.45, 7) is 6.34. The molecular weight excluding hydrogens is 387 g/mol. The molecule has 4 aliphatic rings. The first-order valence-electron chi connectivity index (χ1n) is 10.6. The molecule has 0 saturated heterocycles. The third kappa shape index (κ3) is 2.52. The van der Waals surface area contributed by atoms with Gasteiger partial charge in [0.25, 0.3) is 0 Å². The average molecular weight is 416 g/mol. The molecule has 0 spiro atoms. The number of esters is 1. The lowest BCUT2D eigenvalue weighted by Gasteiger charge is -2.54. The molecule has 30 heavy (non-hydrogen) atoms. The fourth-order valence-electron chi connectivity index (χ4n) is 7.07. The molecule has 0 radical (unpaired) electrons. The van der Waals surface area contributed by atoms with E-state index < -0.39 is 41.0 Å². The van der Waals surface area contributed by atoms with Crippen molar-refractivity contribution in [2.45, 2.75) is 58.7 Å². The second-order valence-corrected chi connectivity index (χ2v) is 9.78. The molecule has 0 amide bonds. The van der Waals surface area contributed by atoms with Gasteiger partial charge in [0.2, 0.25) is 5.78 Å². The maximum absolute atomic E-state index is 15.3. The summed E-state index contributed by atoms with van der Waals surface area (Å²) in [6, 6.07) is 0. The minimum absolute atomic E-state index is 0.0787. The highest BCUT2D eigenvalue weighted by Crippen LogP contribution is 2.67. The van der Waals surface area contributed by atoms with E-state index in [1.165, 1.54) is 19.1 Å². The molecule has 0 aliphatic heterocycles. The summed E-state index contributed by atoms with van der Waals surface area (Å²) in [5.41, 5.74) is -1.24. The smallest absolute Gasteiger partial charge is 0.303 e. The number of alkyl halides is 1. The number of hydrogen-bond donors (Lipinski definition) is 1. The molecule has 162 valence electrons. The van der Waals surface area contributed by atoms with Crippen molar-refractivity contribution in [2.75, 3.05) is 6.61 Å². The second kappa shape index (κ2) is 6.71. The molecule has 2 saturated carbocycles. The zero-order valence-corrected chi connectivity index (χ0v) is 17.9. The minimum atomic E-state index is -1.43. The molecule has 0 aromatic rings. The van der Waals surface area contributed by atoms with Gasteiger partial charge in [-0.3, -0.25) is 14.4 Å². The van der Waals surface area contributed by atoms with Gasteiger partial charge in [-0.15, -0.1) is 0 Å². The van der Waals surface area contributed by atoms with Crippen LogP contribution in [0.4, 0.5) is 4.39 Å². The van der Waals surface area contributed by atoms with Gasteiger partial charge in [-0.05, 0) is 55.7 Å². The van der Waals surface area contributed by atoms with Crippen LogP contribution >= 0.6 is 0 Å². The number of Topliss-reactive ketones (excluding diaryl/α,β-unsaturated/α-hetero) is 1. The molecule has 0 heterocycles. The van der Waals surface area contributed by atoms with Gasteiger partial charge in [-0.1, -0.05) is 31.6 Å². The molecule has 0 aromatic heterocycles. The highest BCUT2D eigenvalue weighted by atomic mass is 19.1. The number of ketones is 2. The fourth-order valence-corrected chi connectivity index (χ4v) is 7.07. The normalized spacial score (nSPS) is 44.4. The number of hydrogen-bond acceptors (Lipinski definition) is 5. The molecule has 4 aliphatic carbocycles. The summed E-state index contributed by atoms with van der Waals surface area (Å²) >= 11 is 0.